The van der Waals surface area contributed by atoms with Crippen LogP contribution in [0.1, 0.15) is 46.5 Å². The molecule has 3 amide bonds. The number of rotatable bonds is 11. The van der Waals surface area contributed by atoms with Crippen LogP contribution in [0.4, 0.5) is 5.69 Å². The van der Waals surface area contributed by atoms with Crippen molar-refractivity contribution in [3.63, 3.8) is 0 Å². The Morgan fingerprint density at radius 3 is 2.32 bits per heavy atom. The van der Waals surface area contributed by atoms with Gasteiger partial charge in [-0.3, -0.25) is 14.4 Å². The summed E-state index contributed by atoms with van der Waals surface area (Å²) in [6.07, 6.45) is 0. The van der Waals surface area contributed by atoms with Crippen molar-refractivity contribution < 1.29 is 14.4 Å². The van der Waals surface area contributed by atoms with Gasteiger partial charge in [0, 0.05) is 19.6 Å². The summed E-state index contributed by atoms with van der Waals surface area (Å²) in [5, 5.41) is 2.88. The number of carbonyl (C=O) groups is 3. The lowest BCUT2D eigenvalue weighted by Crippen LogP contribution is -2.50. The van der Waals surface area contributed by atoms with E-state index in [1.807, 2.05) is 44.2 Å². The van der Waals surface area contributed by atoms with Crippen molar-refractivity contribution in [1.82, 2.24) is 19.5 Å². The molecule has 0 saturated carbocycles. The van der Waals surface area contributed by atoms with Gasteiger partial charge in [-0.1, -0.05) is 44.2 Å². The molecular formula is C21H30N6O3S. The van der Waals surface area contributed by atoms with E-state index in [1.54, 1.807) is 6.92 Å². The van der Waals surface area contributed by atoms with Crippen molar-refractivity contribution in [3.8, 4) is 0 Å². The summed E-state index contributed by atoms with van der Waals surface area (Å²) in [5.41, 5.74) is 12.0. The monoisotopic (exact) mass is 446 g/mol. The SMILES string of the molecule is CCN(CC)CCN(C(=O)c1snc(C(N)=O)c1N)C(C)C(=O)NCc1ccccc1. The van der Waals surface area contributed by atoms with Gasteiger partial charge in [0.05, 0.1) is 5.69 Å². The molecule has 1 aromatic heterocycles. The molecule has 0 radical (unpaired) electrons. The summed E-state index contributed by atoms with van der Waals surface area (Å²) in [5.74, 6) is -1.52. The van der Waals surface area contributed by atoms with Crippen molar-refractivity contribution in [1.29, 1.82) is 0 Å². The highest BCUT2D eigenvalue weighted by Gasteiger charge is 2.31. The number of hydrogen-bond acceptors (Lipinski definition) is 7. The van der Waals surface area contributed by atoms with Gasteiger partial charge in [-0.2, -0.15) is 4.37 Å². The number of carbonyl (C=O) groups excluding carboxylic acids is 3. The van der Waals surface area contributed by atoms with Gasteiger partial charge >= 0.3 is 0 Å². The molecule has 2 aromatic rings. The highest BCUT2D eigenvalue weighted by molar-refractivity contribution is 7.09. The number of primary amides is 1. The van der Waals surface area contributed by atoms with E-state index < -0.39 is 17.9 Å². The number of nitrogens with one attached hydrogen (secondary N) is 1. The number of benzene rings is 1. The van der Waals surface area contributed by atoms with Gasteiger partial charge in [-0.05, 0) is 37.1 Å². The van der Waals surface area contributed by atoms with Crippen molar-refractivity contribution >= 4 is 34.9 Å². The van der Waals surface area contributed by atoms with Gasteiger partial charge in [-0.25, -0.2) is 0 Å². The van der Waals surface area contributed by atoms with Gasteiger partial charge in [0.1, 0.15) is 10.9 Å². The third-order valence-corrected chi connectivity index (χ3v) is 5.98. The average molecular weight is 447 g/mol. The molecule has 1 heterocycles. The molecule has 5 N–H and O–H groups in total. The maximum absolute atomic E-state index is 13.3. The number of anilines is 1. The highest BCUT2D eigenvalue weighted by atomic mass is 32.1. The Kier molecular flexibility index (Phi) is 8.95. The van der Waals surface area contributed by atoms with Crippen molar-refractivity contribution in [2.24, 2.45) is 5.73 Å². The number of amides is 3. The first-order chi connectivity index (χ1) is 14.8. The quantitative estimate of drug-likeness (QED) is 0.476. The number of nitrogens with two attached hydrogens (primary N) is 2. The standard InChI is InChI=1S/C21H30N6O3S/c1-4-26(5-2)11-12-27(21(30)18-16(22)17(19(23)28)25-31-18)14(3)20(29)24-13-15-9-7-6-8-10-15/h6-10,14H,4-5,11-13,22H2,1-3H3,(H2,23,28)(H,24,29). The van der Waals surface area contributed by atoms with Crippen molar-refractivity contribution in [3.05, 3.63) is 46.5 Å². The Labute approximate surface area is 186 Å². The van der Waals surface area contributed by atoms with E-state index in [1.165, 1.54) is 4.90 Å². The van der Waals surface area contributed by atoms with Gasteiger partial charge in [0.2, 0.25) is 5.91 Å². The lowest BCUT2D eigenvalue weighted by Gasteiger charge is -2.30. The molecule has 1 aromatic carbocycles. The minimum Gasteiger partial charge on any atom is -0.395 e. The van der Waals surface area contributed by atoms with Crippen molar-refractivity contribution in [2.45, 2.75) is 33.4 Å². The Morgan fingerprint density at radius 1 is 1.13 bits per heavy atom. The molecule has 0 aliphatic heterocycles. The van der Waals surface area contributed by atoms with E-state index in [9.17, 15) is 14.4 Å². The first-order valence-electron chi connectivity index (χ1n) is 10.2. The smallest absolute Gasteiger partial charge is 0.270 e. The van der Waals surface area contributed by atoms with Crippen LogP contribution >= 0.6 is 11.5 Å². The van der Waals surface area contributed by atoms with Gasteiger partial charge < -0.3 is 26.6 Å². The first-order valence-corrected chi connectivity index (χ1v) is 11.0. The van der Waals surface area contributed by atoms with E-state index in [0.29, 0.717) is 19.6 Å². The van der Waals surface area contributed by atoms with E-state index >= 15 is 0 Å². The predicted molar refractivity (Wildman–Crippen MR) is 122 cm³/mol. The van der Waals surface area contributed by atoms with Crippen LogP contribution in [0.5, 0.6) is 0 Å². The zero-order valence-corrected chi connectivity index (χ0v) is 18.9. The molecule has 1 unspecified atom stereocenters. The van der Waals surface area contributed by atoms with Crippen LogP contribution in [-0.2, 0) is 11.3 Å². The molecule has 0 spiro atoms. The predicted octanol–water partition coefficient (Wildman–Crippen LogP) is 1.31. The molecule has 2 rings (SSSR count). The normalized spacial score (nSPS) is 11.9. The third-order valence-electron chi connectivity index (χ3n) is 5.12. The van der Waals surface area contributed by atoms with Crippen molar-refractivity contribution in [2.75, 3.05) is 31.9 Å². The zero-order chi connectivity index (χ0) is 23.0. The summed E-state index contributed by atoms with van der Waals surface area (Å²) in [6, 6.07) is 8.78. The fourth-order valence-electron chi connectivity index (χ4n) is 3.09. The molecule has 10 heteroatoms. The number of aromatic nitrogens is 1. The van der Waals surface area contributed by atoms with E-state index in [-0.39, 0.29) is 22.2 Å². The lowest BCUT2D eigenvalue weighted by molar-refractivity contribution is -0.125. The molecule has 0 aliphatic rings. The summed E-state index contributed by atoms with van der Waals surface area (Å²) in [4.78, 5) is 41.3. The maximum atomic E-state index is 13.3. The molecule has 0 fully saturated rings. The molecule has 9 nitrogen and oxygen atoms in total. The molecule has 0 aliphatic carbocycles. The Hall–Kier alpha value is -2.98. The van der Waals surface area contributed by atoms with Crippen LogP contribution in [0.3, 0.4) is 0 Å². The minimum atomic E-state index is -0.795. The van der Waals surface area contributed by atoms with E-state index in [2.05, 4.69) is 14.6 Å². The number of nitrogen functional groups attached to an aromatic ring is 1. The fraction of sp³-hybridized carbons (Fsp3) is 0.429. The van der Waals surface area contributed by atoms with Crippen LogP contribution in [0.15, 0.2) is 30.3 Å². The Balaban J connectivity index is 2.21. The topological polar surface area (TPSA) is 135 Å². The zero-order valence-electron chi connectivity index (χ0n) is 18.1. The van der Waals surface area contributed by atoms with Crippen LogP contribution in [0.2, 0.25) is 0 Å². The Morgan fingerprint density at radius 2 is 1.77 bits per heavy atom. The summed E-state index contributed by atoms with van der Waals surface area (Å²) < 4.78 is 3.91. The van der Waals surface area contributed by atoms with E-state index in [0.717, 1.165) is 30.2 Å². The molecular weight excluding hydrogens is 416 g/mol. The first kappa shape index (κ1) is 24.3. The molecule has 168 valence electrons. The van der Waals surface area contributed by atoms with Crippen LogP contribution in [-0.4, -0.2) is 64.1 Å². The highest BCUT2D eigenvalue weighted by Crippen LogP contribution is 2.24. The van der Waals surface area contributed by atoms with Gasteiger partial charge in [-0.15, -0.1) is 0 Å². The second kappa shape index (κ2) is 11.4. The average Bonchev–Trinajstić information content (AvgIpc) is 3.16. The lowest BCUT2D eigenvalue weighted by atomic mass is 10.2. The molecule has 1 atom stereocenters. The van der Waals surface area contributed by atoms with Gasteiger partial charge in [0.25, 0.3) is 11.8 Å². The molecule has 31 heavy (non-hydrogen) atoms. The minimum absolute atomic E-state index is 0.0489. The summed E-state index contributed by atoms with van der Waals surface area (Å²) in [6.45, 7) is 8.66. The summed E-state index contributed by atoms with van der Waals surface area (Å²) in [7, 11) is 0. The van der Waals surface area contributed by atoms with E-state index in [4.69, 9.17) is 11.5 Å². The number of nitrogens with zero attached hydrogens (tertiary/aromatic N) is 3. The Bertz CT molecular complexity index is 898. The van der Waals surface area contributed by atoms with Crippen LogP contribution < -0.4 is 16.8 Å². The number of likely N-dealkylation sites (N-methyl/N-ethyl adjacent to an activating group) is 1. The molecule has 0 saturated heterocycles. The second-order valence-electron chi connectivity index (χ2n) is 7.04. The third kappa shape index (κ3) is 6.25. The van der Waals surface area contributed by atoms with Crippen LogP contribution in [0.25, 0.3) is 0 Å². The van der Waals surface area contributed by atoms with Crippen LogP contribution in [0, 0.1) is 0 Å². The second-order valence-corrected chi connectivity index (χ2v) is 7.82. The fourth-order valence-corrected chi connectivity index (χ4v) is 3.86. The maximum Gasteiger partial charge on any atom is 0.270 e. The van der Waals surface area contributed by atoms with Gasteiger partial charge in [0.15, 0.2) is 5.69 Å². The molecule has 0 bridgehead atoms. The number of hydrogen-bond donors (Lipinski definition) is 3. The summed E-state index contributed by atoms with van der Waals surface area (Å²) >= 11 is 0.814. The largest absolute Gasteiger partial charge is 0.395 e.